The van der Waals surface area contributed by atoms with Gasteiger partial charge in [0.2, 0.25) is 0 Å². The lowest BCUT2D eigenvalue weighted by Crippen LogP contribution is -2.24. The van der Waals surface area contributed by atoms with E-state index in [0.717, 1.165) is 15.9 Å². The Morgan fingerprint density at radius 1 is 0.636 bits per heavy atom. The quantitative estimate of drug-likeness (QED) is 0.532. The topological polar surface area (TPSA) is 17.1 Å². The Morgan fingerprint density at radius 3 is 1.45 bits per heavy atom. The van der Waals surface area contributed by atoms with Crippen LogP contribution in [0.5, 0.6) is 0 Å². The lowest BCUT2D eigenvalue weighted by atomic mass is 10.3. The smallest absolute Gasteiger partial charge is 0.171 e. The number of hydrogen-bond donors (Lipinski definition) is 0. The highest BCUT2D eigenvalue weighted by atomic mass is 32.2. The fourth-order valence-corrected chi connectivity index (χ4v) is 5.57. The number of hydrogen-bond acceptors (Lipinski definition) is 2. The first-order valence-corrected chi connectivity index (χ1v) is 10.0. The Hall–Kier alpha value is -1.76. The molecular formula is C19H17OPS. The highest BCUT2D eigenvalue weighted by molar-refractivity contribution is 7.98. The van der Waals surface area contributed by atoms with Gasteiger partial charge in [0.05, 0.1) is 0 Å². The fourth-order valence-electron chi connectivity index (χ4n) is 2.52. The van der Waals surface area contributed by atoms with Crippen molar-refractivity contribution >= 4 is 34.8 Å². The molecule has 0 heterocycles. The second kappa shape index (κ2) is 6.56. The van der Waals surface area contributed by atoms with Gasteiger partial charge in [-0.15, -0.1) is 11.8 Å². The van der Waals surface area contributed by atoms with Crippen molar-refractivity contribution in [1.82, 2.24) is 0 Å². The molecule has 0 aliphatic carbocycles. The van der Waals surface area contributed by atoms with Gasteiger partial charge in [-0.05, 0) is 30.5 Å². The van der Waals surface area contributed by atoms with Gasteiger partial charge in [0.1, 0.15) is 0 Å². The summed E-state index contributed by atoms with van der Waals surface area (Å²) in [6.07, 6.45) is 2.04. The van der Waals surface area contributed by atoms with E-state index in [1.54, 1.807) is 11.8 Å². The average Bonchev–Trinajstić information content (AvgIpc) is 2.62. The van der Waals surface area contributed by atoms with Gasteiger partial charge in [-0.2, -0.15) is 0 Å². The normalized spacial score (nSPS) is 11.3. The maximum absolute atomic E-state index is 14.0. The maximum atomic E-state index is 14.0. The van der Waals surface area contributed by atoms with Crippen LogP contribution in [0.2, 0.25) is 0 Å². The van der Waals surface area contributed by atoms with Gasteiger partial charge >= 0.3 is 0 Å². The zero-order chi connectivity index (χ0) is 15.4. The van der Waals surface area contributed by atoms with Crippen molar-refractivity contribution in [2.24, 2.45) is 0 Å². The Bertz CT molecular complexity index is 739. The lowest BCUT2D eigenvalue weighted by Gasteiger charge is -2.20. The fraction of sp³-hybridized carbons (Fsp3) is 0.0526. The Kier molecular flexibility index (Phi) is 4.52. The zero-order valence-corrected chi connectivity index (χ0v) is 14.1. The molecule has 0 spiro atoms. The molecule has 3 aromatic rings. The monoisotopic (exact) mass is 324 g/mol. The third-order valence-electron chi connectivity index (χ3n) is 3.68. The summed E-state index contributed by atoms with van der Waals surface area (Å²) in [5.41, 5.74) is 0. The van der Waals surface area contributed by atoms with Crippen LogP contribution in [-0.2, 0) is 4.57 Å². The maximum Gasteiger partial charge on any atom is 0.171 e. The van der Waals surface area contributed by atoms with Crippen molar-refractivity contribution in [2.75, 3.05) is 6.26 Å². The predicted molar refractivity (Wildman–Crippen MR) is 97.6 cm³/mol. The van der Waals surface area contributed by atoms with Crippen LogP contribution >= 0.6 is 18.9 Å². The molecule has 22 heavy (non-hydrogen) atoms. The minimum Gasteiger partial charge on any atom is -0.309 e. The van der Waals surface area contributed by atoms with E-state index in [1.807, 2.05) is 91.2 Å². The molecule has 3 heteroatoms. The van der Waals surface area contributed by atoms with Gasteiger partial charge in [-0.1, -0.05) is 60.7 Å². The SMILES string of the molecule is CSc1ccc(P(=O)(c2ccccc2)c2ccccc2)cc1. The van der Waals surface area contributed by atoms with Gasteiger partial charge < -0.3 is 4.57 Å². The summed E-state index contributed by atoms with van der Waals surface area (Å²) in [6.45, 7) is 0. The predicted octanol–water partition coefficient (Wildman–Crippen LogP) is 4.05. The molecule has 0 saturated carbocycles. The van der Waals surface area contributed by atoms with Gasteiger partial charge in [-0.3, -0.25) is 0 Å². The van der Waals surface area contributed by atoms with Crippen LogP contribution in [0, 0.1) is 0 Å². The van der Waals surface area contributed by atoms with Crippen LogP contribution in [0.3, 0.4) is 0 Å². The average molecular weight is 324 g/mol. The van der Waals surface area contributed by atoms with Crippen molar-refractivity contribution in [1.29, 1.82) is 0 Å². The molecule has 0 N–H and O–H groups in total. The van der Waals surface area contributed by atoms with Crippen LogP contribution in [0.1, 0.15) is 0 Å². The van der Waals surface area contributed by atoms with Crippen molar-refractivity contribution in [3.8, 4) is 0 Å². The van der Waals surface area contributed by atoms with Crippen molar-refractivity contribution in [2.45, 2.75) is 4.90 Å². The van der Waals surface area contributed by atoms with Crippen LogP contribution in [-0.4, -0.2) is 6.26 Å². The van der Waals surface area contributed by atoms with Crippen LogP contribution in [0.4, 0.5) is 0 Å². The Balaban J connectivity index is 2.21. The van der Waals surface area contributed by atoms with Gasteiger partial charge in [0, 0.05) is 20.8 Å². The molecule has 0 radical (unpaired) electrons. The minimum atomic E-state index is -2.82. The van der Waals surface area contributed by atoms with E-state index < -0.39 is 7.14 Å². The molecule has 0 atom stereocenters. The number of benzene rings is 3. The first-order chi connectivity index (χ1) is 10.7. The van der Waals surface area contributed by atoms with Crippen LogP contribution in [0.25, 0.3) is 0 Å². The molecule has 0 aliphatic rings. The first kappa shape index (κ1) is 15.1. The van der Waals surface area contributed by atoms with Gasteiger partial charge in [-0.25, -0.2) is 0 Å². The molecular weight excluding hydrogens is 307 g/mol. The molecule has 110 valence electrons. The second-order valence-corrected chi connectivity index (χ2v) is 8.63. The van der Waals surface area contributed by atoms with Crippen molar-refractivity contribution < 1.29 is 4.57 Å². The Morgan fingerprint density at radius 2 is 1.05 bits per heavy atom. The summed E-state index contributed by atoms with van der Waals surface area (Å²) < 4.78 is 14.0. The summed E-state index contributed by atoms with van der Waals surface area (Å²) in [4.78, 5) is 1.18. The van der Waals surface area contributed by atoms with E-state index in [0.29, 0.717) is 0 Å². The molecule has 3 aromatic carbocycles. The molecule has 1 nitrogen and oxygen atoms in total. The van der Waals surface area contributed by atoms with Gasteiger partial charge in [0.15, 0.2) is 7.14 Å². The molecule has 0 bridgehead atoms. The van der Waals surface area contributed by atoms with E-state index in [2.05, 4.69) is 0 Å². The molecule has 0 fully saturated rings. The van der Waals surface area contributed by atoms with Crippen molar-refractivity contribution in [3.05, 3.63) is 84.9 Å². The van der Waals surface area contributed by atoms with Crippen LogP contribution < -0.4 is 15.9 Å². The highest BCUT2D eigenvalue weighted by Crippen LogP contribution is 2.42. The third kappa shape index (κ3) is 2.77. The molecule has 0 aromatic heterocycles. The van der Waals surface area contributed by atoms with E-state index >= 15 is 0 Å². The Labute approximate surface area is 135 Å². The first-order valence-electron chi connectivity index (χ1n) is 7.11. The highest BCUT2D eigenvalue weighted by Gasteiger charge is 2.29. The van der Waals surface area contributed by atoms with Crippen LogP contribution in [0.15, 0.2) is 89.8 Å². The van der Waals surface area contributed by atoms with E-state index in [-0.39, 0.29) is 0 Å². The zero-order valence-electron chi connectivity index (χ0n) is 12.3. The molecule has 0 aliphatic heterocycles. The standard InChI is InChI=1S/C19H17OPS/c1-22-19-14-12-18(13-15-19)21(20,16-8-4-2-5-9-16)17-10-6-3-7-11-17/h2-15H,1H3. The van der Waals surface area contributed by atoms with E-state index in [1.165, 1.54) is 4.90 Å². The largest absolute Gasteiger partial charge is 0.309 e. The summed E-state index contributed by atoms with van der Waals surface area (Å²) in [5.74, 6) is 0. The summed E-state index contributed by atoms with van der Waals surface area (Å²) >= 11 is 1.69. The number of rotatable bonds is 4. The minimum absolute atomic E-state index is 0.873. The second-order valence-electron chi connectivity index (χ2n) is 4.98. The summed E-state index contributed by atoms with van der Waals surface area (Å²) in [6, 6.07) is 27.6. The van der Waals surface area contributed by atoms with E-state index in [9.17, 15) is 4.57 Å². The summed E-state index contributed by atoms with van der Waals surface area (Å²) in [7, 11) is -2.82. The van der Waals surface area contributed by atoms with Gasteiger partial charge in [0.25, 0.3) is 0 Å². The molecule has 3 rings (SSSR count). The van der Waals surface area contributed by atoms with E-state index in [4.69, 9.17) is 0 Å². The molecule has 0 amide bonds. The third-order valence-corrected chi connectivity index (χ3v) is 7.50. The molecule has 0 unspecified atom stereocenters. The lowest BCUT2D eigenvalue weighted by molar-refractivity contribution is 0.592. The summed E-state index contributed by atoms with van der Waals surface area (Å²) in [5, 5.41) is 2.62. The molecule has 0 saturated heterocycles. The number of thioether (sulfide) groups is 1. The van der Waals surface area contributed by atoms with Crippen molar-refractivity contribution in [3.63, 3.8) is 0 Å².